The molecule has 1 saturated heterocycles. The Hall–Kier alpha value is -2.68. The predicted molar refractivity (Wildman–Crippen MR) is 162 cm³/mol. The van der Waals surface area contributed by atoms with Crippen LogP contribution in [0, 0.1) is 3.57 Å². The van der Waals surface area contributed by atoms with Crippen molar-refractivity contribution in [2.45, 2.75) is 50.2 Å². The van der Waals surface area contributed by atoms with E-state index in [1.165, 1.54) is 0 Å². The van der Waals surface area contributed by atoms with Crippen molar-refractivity contribution in [2.75, 3.05) is 37.9 Å². The summed E-state index contributed by atoms with van der Waals surface area (Å²) in [6.07, 6.45) is 4.22. The molecule has 3 N–H and O–H groups in total. The van der Waals surface area contributed by atoms with Gasteiger partial charge in [-0.1, -0.05) is 26.0 Å². The molecule has 0 bridgehead atoms. The van der Waals surface area contributed by atoms with Gasteiger partial charge in [-0.15, -0.1) is 0 Å². The summed E-state index contributed by atoms with van der Waals surface area (Å²) in [6.45, 7) is 5.84. The van der Waals surface area contributed by atoms with Crippen molar-refractivity contribution >= 4 is 55.8 Å². The van der Waals surface area contributed by atoms with Crippen LogP contribution in [0.1, 0.15) is 33.1 Å². The first-order valence-electron chi connectivity index (χ1n) is 12.9. The second kappa shape index (κ2) is 13.1. The van der Waals surface area contributed by atoms with Crippen molar-refractivity contribution in [2.24, 2.45) is 0 Å². The van der Waals surface area contributed by atoms with E-state index in [0.29, 0.717) is 41.7 Å². The highest BCUT2D eigenvalue weighted by molar-refractivity contribution is 14.1. The number of rotatable bonds is 12. The number of sulfonamides is 1. The Kier molecular flexibility index (Phi) is 9.86. The molecule has 39 heavy (non-hydrogen) atoms. The van der Waals surface area contributed by atoms with E-state index < -0.39 is 10.0 Å². The standard InChI is InChI=1S/C27H35IN6O4S/c1-5-18(6-2)33-39(35,36)25-10-8-7-9-23(25)30-26-21(28)16-29-27(32-26)31-22-12-11-19(15-24(22)37-4)38-20-13-14-34(3)17-20/h7-12,15-16,18,20,33H,5-6,13-14,17H2,1-4H3,(H2,29,30,31,32)/t20-/m0/s1. The molecule has 12 heteroatoms. The van der Waals surface area contributed by atoms with Crippen LogP contribution in [0.25, 0.3) is 0 Å². The van der Waals surface area contributed by atoms with Crippen LogP contribution in [0.5, 0.6) is 11.5 Å². The summed E-state index contributed by atoms with van der Waals surface area (Å²) in [7, 11) is -0.0494. The molecule has 1 aromatic heterocycles. The van der Waals surface area contributed by atoms with Crippen molar-refractivity contribution in [3.8, 4) is 11.5 Å². The van der Waals surface area contributed by atoms with Crippen LogP contribution >= 0.6 is 22.6 Å². The minimum Gasteiger partial charge on any atom is -0.494 e. The summed E-state index contributed by atoms with van der Waals surface area (Å²) in [5, 5.41) is 6.40. The quantitative estimate of drug-likeness (QED) is 0.226. The second-order valence-electron chi connectivity index (χ2n) is 9.42. The first-order valence-corrected chi connectivity index (χ1v) is 15.5. The van der Waals surface area contributed by atoms with Gasteiger partial charge < -0.3 is 25.0 Å². The SMILES string of the molecule is CCC(CC)NS(=O)(=O)c1ccccc1Nc1nc(Nc2ccc(O[C@H]3CCN(C)C3)cc2OC)ncc1I. The van der Waals surface area contributed by atoms with Crippen LogP contribution < -0.4 is 24.8 Å². The maximum absolute atomic E-state index is 13.2. The number of likely N-dealkylation sites (tertiary alicyclic amines) is 1. The van der Waals surface area contributed by atoms with Crippen LogP contribution in [-0.2, 0) is 10.0 Å². The van der Waals surface area contributed by atoms with Gasteiger partial charge in [0, 0.05) is 31.4 Å². The van der Waals surface area contributed by atoms with Crippen molar-refractivity contribution in [1.82, 2.24) is 19.6 Å². The Bertz CT molecular complexity index is 1390. The first-order chi connectivity index (χ1) is 18.7. The van der Waals surface area contributed by atoms with Crippen LogP contribution in [0.2, 0.25) is 0 Å². The Morgan fingerprint density at radius 1 is 1.13 bits per heavy atom. The fourth-order valence-electron chi connectivity index (χ4n) is 4.34. The predicted octanol–water partition coefficient (Wildman–Crippen LogP) is 5.13. The molecule has 210 valence electrons. The molecule has 0 unspecified atom stereocenters. The zero-order valence-corrected chi connectivity index (χ0v) is 25.5. The van der Waals surface area contributed by atoms with Crippen molar-refractivity contribution in [3.63, 3.8) is 0 Å². The van der Waals surface area contributed by atoms with Gasteiger partial charge in [0.2, 0.25) is 16.0 Å². The number of aromatic nitrogens is 2. The first kappa shape index (κ1) is 29.3. The van der Waals surface area contributed by atoms with Gasteiger partial charge in [0.05, 0.1) is 22.1 Å². The van der Waals surface area contributed by atoms with Gasteiger partial charge in [-0.25, -0.2) is 18.1 Å². The van der Waals surface area contributed by atoms with E-state index in [0.717, 1.165) is 28.8 Å². The molecule has 1 aliphatic rings. The topological polar surface area (TPSA) is 118 Å². The van der Waals surface area contributed by atoms with Crippen LogP contribution in [0.15, 0.2) is 53.6 Å². The molecule has 3 aromatic rings. The smallest absolute Gasteiger partial charge is 0.242 e. The largest absolute Gasteiger partial charge is 0.494 e. The summed E-state index contributed by atoms with van der Waals surface area (Å²) < 4.78 is 41.6. The lowest BCUT2D eigenvalue weighted by molar-refractivity contribution is 0.207. The number of halogens is 1. The van der Waals surface area contributed by atoms with E-state index >= 15 is 0 Å². The maximum Gasteiger partial charge on any atom is 0.242 e. The molecule has 0 spiro atoms. The highest BCUT2D eigenvalue weighted by Crippen LogP contribution is 2.33. The Balaban J connectivity index is 1.54. The molecule has 1 aliphatic heterocycles. The Morgan fingerprint density at radius 3 is 2.59 bits per heavy atom. The highest BCUT2D eigenvalue weighted by atomic mass is 127. The fraction of sp³-hybridized carbons (Fsp3) is 0.407. The third-order valence-corrected chi connectivity index (χ3v) is 8.92. The zero-order chi connectivity index (χ0) is 28.0. The van der Waals surface area contributed by atoms with Gasteiger partial charge >= 0.3 is 0 Å². The van der Waals surface area contributed by atoms with Gasteiger partial charge in [0.25, 0.3) is 0 Å². The van der Waals surface area contributed by atoms with Gasteiger partial charge in [-0.05, 0) is 73.2 Å². The molecule has 0 radical (unpaired) electrons. The summed E-state index contributed by atoms with van der Waals surface area (Å²) in [4.78, 5) is 11.4. The van der Waals surface area contributed by atoms with Crippen LogP contribution in [0.3, 0.4) is 0 Å². The molecule has 4 rings (SSSR count). The fourth-order valence-corrected chi connectivity index (χ4v) is 6.30. The lowest BCUT2D eigenvalue weighted by Crippen LogP contribution is -2.34. The summed E-state index contributed by atoms with van der Waals surface area (Å²) in [6, 6.07) is 12.3. The second-order valence-corrected chi connectivity index (χ2v) is 12.3. The number of anilines is 4. The summed E-state index contributed by atoms with van der Waals surface area (Å²) >= 11 is 2.12. The van der Waals surface area contributed by atoms with Gasteiger partial charge in [0.1, 0.15) is 28.3 Å². The Morgan fingerprint density at radius 2 is 1.90 bits per heavy atom. The minimum absolute atomic E-state index is 0.135. The average molecular weight is 667 g/mol. The lowest BCUT2D eigenvalue weighted by atomic mass is 10.2. The molecule has 0 aliphatic carbocycles. The molecule has 0 saturated carbocycles. The summed E-state index contributed by atoms with van der Waals surface area (Å²) in [5.41, 5.74) is 1.10. The maximum atomic E-state index is 13.2. The third kappa shape index (κ3) is 7.50. The molecular formula is C27H35IN6O4S. The van der Waals surface area contributed by atoms with Crippen LogP contribution in [-0.4, -0.2) is 62.7 Å². The number of hydrogen-bond donors (Lipinski definition) is 3. The highest BCUT2D eigenvalue weighted by Gasteiger charge is 2.23. The normalized spacial score (nSPS) is 15.9. The molecular weight excluding hydrogens is 631 g/mol. The number of likely N-dealkylation sites (N-methyl/N-ethyl adjacent to an activating group) is 1. The van der Waals surface area contributed by atoms with E-state index in [4.69, 9.17) is 9.47 Å². The lowest BCUT2D eigenvalue weighted by Gasteiger charge is -2.18. The van der Waals surface area contributed by atoms with E-state index in [-0.39, 0.29) is 17.0 Å². The van der Waals surface area contributed by atoms with E-state index in [1.807, 2.05) is 32.0 Å². The number of nitrogens with zero attached hydrogens (tertiary/aromatic N) is 3. The van der Waals surface area contributed by atoms with E-state index in [1.54, 1.807) is 37.6 Å². The molecule has 0 amide bonds. The number of nitrogens with one attached hydrogen (secondary N) is 3. The number of para-hydroxylation sites is 1. The zero-order valence-electron chi connectivity index (χ0n) is 22.6. The monoisotopic (exact) mass is 666 g/mol. The van der Waals surface area contributed by atoms with Crippen molar-refractivity contribution in [3.05, 3.63) is 52.2 Å². The third-order valence-electron chi connectivity index (χ3n) is 6.55. The molecule has 1 atom stereocenters. The molecule has 2 aromatic carbocycles. The van der Waals surface area contributed by atoms with Crippen LogP contribution in [0.4, 0.5) is 23.1 Å². The minimum atomic E-state index is -3.74. The molecule has 10 nitrogen and oxygen atoms in total. The molecule has 1 fully saturated rings. The van der Waals surface area contributed by atoms with E-state index in [2.05, 4.69) is 59.9 Å². The molecule has 2 heterocycles. The van der Waals surface area contributed by atoms with E-state index in [9.17, 15) is 8.42 Å². The van der Waals surface area contributed by atoms with Gasteiger partial charge in [-0.2, -0.15) is 4.98 Å². The summed E-state index contributed by atoms with van der Waals surface area (Å²) in [5.74, 6) is 2.14. The number of hydrogen-bond acceptors (Lipinski definition) is 9. The van der Waals surface area contributed by atoms with Crippen molar-refractivity contribution in [1.29, 1.82) is 0 Å². The Labute approximate surface area is 244 Å². The number of methoxy groups -OCH3 is 1. The van der Waals surface area contributed by atoms with Gasteiger partial charge in [-0.3, -0.25) is 0 Å². The van der Waals surface area contributed by atoms with Crippen molar-refractivity contribution < 1.29 is 17.9 Å². The average Bonchev–Trinajstić information content (AvgIpc) is 3.34. The number of benzene rings is 2. The van der Waals surface area contributed by atoms with Gasteiger partial charge in [0.15, 0.2) is 0 Å². The number of ether oxygens (including phenoxy) is 2.